The summed E-state index contributed by atoms with van der Waals surface area (Å²) >= 11 is 0. The second-order valence-corrected chi connectivity index (χ2v) is 6.75. The molecule has 0 spiro atoms. The molecule has 1 unspecified atom stereocenters. The molecule has 0 amide bonds. The molecule has 1 nitrogen and oxygen atoms in total. The van der Waals surface area contributed by atoms with E-state index in [0.717, 1.165) is 18.5 Å². The molecule has 2 aliphatic carbocycles. The van der Waals surface area contributed by atoms with Crippen molar-refractivity contribution < 1.29 is 0 Å². The first-order valence-corrected chi connectivity index (χ1v) is 8.71. The molecule has 110 valence electrons. The molecule has 1 saturated carbocycles. The molecule has 0 aliphatic heterocycles. The lowest BCUT2D eigenvalue weighted by atomic mass is 9.83. The van der Waals surface area contributed by atoms with E-state index in [2.05, 4.69) is 30.4 Å². The Morgan fingerprint density at radius 3 is 2.65 bits per heavy atom. The predicted octanol–water partition coefficient (Wildman–Crippen LogP) is 4.62. The van der Waals surface area contributed by atoms with Gasteiger partial charge < -0.3 is 5.32 Å². The van der Waals surface area contributed by atoms with Crippen molar-refractivity contribution in [3.63, 3.8) is 0 Å². The van der Waals surface area contributed by atoms with E-state index in [1.54, 1.807) is 11.1 Å². The fraction of sp³-hybridized carbons (Fsp3) is 0.684. The third kappa shape index (κ3) is 3.25. The van der Waals surface area contributed by atoms with Crippen molar-refractivity contribution in [2.24, 2.45) is 5.92 Å². The van der Waals surface area contributed by atoms with E-state index >= 15 is 0 Å². The zero-order valence-electron chi connectivity index (χ0n) is 13.0. The molecule has 0 saturated heterocycles. The van der Waals surface area contributed by atoms with Gasteiger partial charge in [0.25, 0.3) is 0 Å². The zero-order valence-corrected chi connectivity index (χ0v) is 13.0. The minimum atomic E-state index is 0.726. The van der Waals surface area contributed by atoms with Crippen LogP contribution in [0.25, 0.3) is 0 Å². The summed E-state index contributed by atoms with van der Waals surface area (Å²) in [7, 11) is 0. The number of fused-ring (bicyclic) bond motifs is 1. The summed E-state index contributed by atoms with van der Waals surface area (Å²) in [6.07, 6.45) is 12.4. The van der Waals surface area contributed by atoms with Gasteiger partial charge in [0.05, 0.1) is 0 Å². The Hall–Kier alpha value is -0.820. The van der Waals surface area contributed by atoms with Gasteiger partial charge in [0.15, 0.2) is 0 Å². The van der Waals surface area contributed by atoms with Gasteiger partial charge in [-0.05, 0) is 61.1 Å². The summed E-state index contributed by atoms with van der Waals surface area (Å²) in [5.41, 5.74) is 4.68. The van der Waals surface area contributed by atoms with Crippen LogP contribution in [0.15, 0.2) is 18.2 Å². The van der Waals surface area contributed by atoms with Gasteiger partial charge in [0.2, 0.25) is 0 Å². The molecule has 0 heterocycles. The Morgan fingerprint density at radius 1 is 1.05 bits per heavy atom. The summed E-state index contributed by atoms with van der Waals surface area (Å²) < 4.78 is 0. The first kappa shape index (κ1) is 14.1. The van der Waals surface area contributed by atoms with Gasteiger partial charge in [-0.1, -0.05) is 44.4 Å². The highest BCUT2D eigenvalue weighted by atomic mass is 14.9. The van der Waals surface area contributed by atoms with E-state index in [1.165, 1.54) is 63.4 Å². The largest absolute Gasteiger partial charge is 0.310 e. The van der Waals surface area contributed by atoms with Crippen molar-refractivity contribution in [1.82, 2.24) is 5.32 Å². The lowest BCUT2D eigenvalue weighted by Crippen LogP contribution is -2.36. The van der Waals surface area contributed by atoms with E-state index in [0.29, 0.717) is 0 Å². The molecule has 2 aliphatic rings. The van der Waals surface area contributed by atoms with Crippen LogP contribution >= 0.6 is 0 Å². The molecular formula is C19H29N. The Morgan fingerprint density at radius 2 is 1.85 bits per heavy atom. The highest BCUT2D eigenvalue weighted by Crippen LogP contribution is 2.28. The molecular weight excluding hydrogens is 242 g/mol. The fourth-order valence-electron chi connectivity index (χ4n) is 4.16. The molecule has 1 atom stereocenters. The van der Waals surface area contributed by atoms with E-state index in [-0.39, 0.29) is 0 Å². The lowest BCUT2D eigenvalue weighted by molar-refractivity contribution is 0.261. The van der Waals surface area contributed by atoms with Crippen LogP contribution in [0.1, 0.15) is 68.6 Å². The van der Waals surface area contributed by atoms with Crippen LogP contribution in [0.3, 0.4) is 0 Å². The van der Waals surface area contributed by atoms with E-state index in [4.69, 9.17) is 0 Å². The predicted molar refractivity (Wildman–Crippen MR) is 86.0 cm³/mol. The van der Waals surface area contributed by atoms with Gasteiger partial charge in [-0.15, -0.1) is 0 Å². The highest BCUT2D eigenvalue weighted by Gasteiger charge is 2.21. The number of benzene rings is 1. The van der Waals surface area contributed by atoms with Gasteiger partial charge in [0.1, 0.15) is 0 Å². The smallest absolute Gasteiger partial charge is 0.0208 e. The number of hydrogen-bond acceptors (Lipinski definition) is 1. The molecule has 1 N–H and O–H groups in total. The lowest BCUT2D eigenvalue weighted by Gasteiger charge is -2.30. The second-order valence-electron chi connectivity index (χ2n) is 6.75. The van der Waals surface area contributed by atoms with Crippen LogP contribution in [-0.2, 0) is 19.4 Å². The summed E-state index contributed by atoms with van der Waals surface area (Å²) in [5.74, 6) is 0.920. The topological polar surface area (TPSA) is 12.0 Å². The molecule has 1 fully saturated rings. The Bertz CT molecular complexity index is 431. The minimum absolute atomic E-state index is 0.726. The monoisotopic (exact) mass is 271 g/mol. The summed E-state index contributed by atoms with van der Waals surface area (Å²) in [6, 6.07) is 7.87. The Balaban J connectivity index is 1.57. The van der Waals surface area contributed by atoms with Crippen LogP contribution in [0.5, 0.6) is 0 Å². The molecule has 1 heteroatoms. The first-order chi connectivity index (χ1) is 9.86. The van der Waals surface area contributed by atoms with Crippen LogP contribution in [-0.4, -0.2) is 6.04 Å². The van der Waals surface area contributed by atoms with Crippen molar-refractivity contribution in [2.45, 2.75) is 77.3 Å². The maximum Gasteiger partial charge on any atom is 0.0208 e. The molecule has 1 aromatic rings. The number of nitrogens with one attached hydrogen (secondary N) is 1. The molecule has 0 aromatic heterocycles. The fourth-order valence-corrected chi connectivity index (χ4v) is 4.16. The van der Waals surface area contributed by atoms with Crippen molar-refractivity contribution in [3.8, 4) is 0 Å². The van der Waals surface area contributed by atoms with Crippen LogP contribution in [0, 0.1) is 5.92 Å². The molecule has 1 aromatic carbocycles. The Labute approximate surface area is 124 Å². The third-order valence-electron chi connectivity index (χ3n) is 5.39. The van der Waals surface area contributed by atoms with Crippen LogP contribution in [0.2, 0.25) is 0 Å². The van der Waals surface area contributed by atoms with Crippen molar-refractivity contribution in [3.05, 3.63) is 34.9 Å². The number of hydrogen-bond donors (Lipinski definition) is 1. The van der Waals surface area contributed by atoms with E-state index < -0.39 is 0 Å². The van der Waals surface area contributed by atoms with Gasteiger partial charge in [0, 0.05) is 12.6 Å². The third-order valence-corrected chi connectivity index (χ3v) is 5.39. The highest BCUT2D eigenvalue weighted by molar-refractivity contribution is 5.35. The maximum absolute atomic E-state index is 3.85. The van der Waals surface area contributed by atoms with Gasteiger partial charge in [-0.2, -0.15) is 0 Å². The van der Waals surface area contributed by atoms with Gasteiger partial charge >= 0.3 is 0 Å². The maximum atomic E-state index is 3.85. The van der Waals surface area contributed by atoms with E-state index in [9.17, 15) is 0 Å². The van der Waals surface area contributed by atoms with Crippen molar-refractivity contribution in [1.29, 1.82) is 0 Å². The SMILES string of the molecule is CCC(NCc1ccc2c(c1)CCC2)C1CCCCC1. The summed E-state index contributed by atoms with van der Waals surface area (Å²) in [6.45, 7) is 3.40. The number of aryl methyl sites for hydroxylation is 2. The molecule has 0 bridgehead atoms. The minimum Gasteiger partial charge on any atom is -0.310 e. The first-order valence-electron chi connectivity index (χ1n) is 8.71. The average Bonchev–Trinajstić information content (AvgIpc) is 2.96. The summed E-state index contributed by atoms with van der Waals surface area (Å²) in [5, 5.41) is 3.85. The standard InChI is InChI=1S/C19H29N/c1-2-19(17-7-4-3-5-8-17)20-14-15-11-12-16-9-6-10-18(16)13-15/h11-13,17,19-20H,2-10,14H2,1H3. The average molecular weight is 271 g/mol. The van der Waals surface area contributed by atoms with Crippen molar-refractivity contribution >= 4 is 0 Å². The summed E-state index contributed by atoms with van der Waals surface area (Å²) in [4.78, 5) is 0. The normalized spacial score (nSPS) is 20.9. The molecule has 20 heavy (non-hydrogen) atoms. The van der Waals surface area contributed by atoms with Crippen LogP contribution in [0.4, 0.5) is 0 Å². The zero-order chi connectivity index (χ0) is 13.8. The second kappa shape index (κ2) is 6.76. The van der Waals surface area contributed by atoms with Crippen LogP contribution < -0.4 is 5.32 Å². The molecule has 3 rings (SSSR count). The van der Waals surface area contributed by atoms with Gasteiger partial charge in [-0.25, -0.2) is 0 Å². The number of rotatable bonds is 5. The molecule has 0 radical (unpaired) electrons. The van der Waals surface area contributed by atoms with Crippen molar-refractivity contribution in [2.75, 3.05) is 0 Å². The van der Waals surface area contributed by atoms with Gasteiger partial charge in [-0.3, -0.25) is 0 Å². The van der Waals surface area contributed by atoms with E-state index in [1.807, 2.05) is 0 Å². The Kier molecular flexibility index (Phi) is 4.77. The quantitative estimate of drug-likeness (QED) is 0.823.